The van der Waals surface area contributed by atoms with Gasteiger partial charge in [0.25, 0.3) is 0 Å². The van der Waals surface area contributed by atoms with Crippen molar-refractivity contribution in [1.82, 2.24) is 4.98 Å². The van der Waals surface area contributed by atoms with Gasteiger partial charge >= 0.3 is 0 Å². The van der Waals surface area contributed by atoms with E-state index in [0.29, 0.717) is 18.8 Å². The molecule has 0 unspecified atom stereocenters. The molecule has 0 aliphatic rings. The molecular formula is C14H14N4. The second kappa shape index (κ2) is 5.80. The molecule has 0 saturated carbocycles. The van der Waals surface area contributed by atoms with Gasteiger partial charge in [0.2, 0.25) is 0 Å². The largest absolute Gasteiger partial charge is 0.381 e. The Hall–Kier alpha value is -2.38. The topological polar surface area (TPSA) is 74.7 Å². The normalized spacial score (nSPS) is 9.78. The monoisotopic (exact) mass is 238 g/mol. The Labute approximate surface area is 106 Å². The van der Waals surface area contributed by atoms with Crippen molar-refractivity contribution < 1.29 is 0 Å². The van der Waals surface area contributed by atoms with Gasteiger partial charge in [0, 0.05) is 25.0 Å². The van der Waals surface area contributed by atoms with Crippen molar-refractivity contribution >= 4 is 5.69 Å². The lowest BCUT2D eigenvalue weighted by Gasteiger charge is -2.07. The molecule has 18 heavy (non-hydrogen) atoms. The number of nitrogens with zero attached hydrogens (tertiary/aromatic N) is 2. The van der Waals surface area contributed by atoms with Crippen molar-refractivity contribution in [2.45, 2.75) is 13.1 Å². The maximum atomic E-state index is 8.75. The highest BCUT2D eigenvalue weighted by Crippen LogP contribution is 2.10. The molecule has 0 fully saturated rings. The number of nitrogens with one attached hydrogen (secondary N) is 1. The van der Waals surface area contributed by atoms with E-state index in [2.05, 4.69) is 10.3 Å². The average molecular weight is 238 g/mol. The summed E-state index contributed by atoms with van der Waals surface area (Å²) in [5, 5.41) is 12.0. The van der Waals surface area contributed by atoms with E-state index >= 15 is 0 Å². The fourth-order valence-electron chi connectivity index (χ4n) is 1.60. The lowest BCUT2D eigenvalue weighted by atomic mass is 10.1. The van der Waals surface area contributed by atoms with Crippen molar-refractivity contribution in [3.05, 3.63) is 59.4 Å². The Morgan fingerprint density at radius 3 is 2.56 bits per heavy atom. The van der Waals surface area contributed by atoms with Crippen molar-refractivity contribution in [1.29, 1.82) is 5.26 Å². The molecular weight excluding hydrogens is 224 g/mol. The Bertz CT molecular complexity index is 555. The standard InChI is InChI=1S/C14H14N4/c15-8-11-1-3-12(4-2-11)10-18-13-5-6-17-14(7-13)9-16/h1-7H,8,10,15H2,(H,17,18). The van der Waals surface area contributed by atoms with Crippen LogP contribution in [0.5, 0.6) is 0 Å². The lowest BCUT2D eigenvalue weighted by molar-refractivity contribution is 1.06. The van der Waals surface area contributed by atoms with Crippen molar-refractivity contribution in [2.24, 2.45) is 5.73 Å². The zero-order valence-electron chi connectivity index (χ0n) is 9.93. The van der Waals surface area contributed by atoms with Gasteiger partial charge < -0.3 is 11.1 Å². The Kier molecular flexibility index (Phi) is 3.90. The number of nitriles is 1. The molecule has 1 heterocycles. The van der Waals surface area contributed by atoms with Crippen LogP contribution in [0.15, 0.2) is 42.6 Å². The van der Waals surface area contributed by atoms with Crippen LogP contribution in [0.4, 0.5) is 5.69 Å². The van der Waals surface area contributed by atoms with E-state index < -0.39 is 0 Å². The van der Waals surface area contributed by atoms with Crippen LogP contribution in [-0.4, -0.2) is 4.98 Å². The summed E-state index contributed by atoms with van der Waals surface area (Å²) < 4.78 is 0. The van der Waals surface area contributed by atoms with E-state index in [1.165, 1.54) is 5.56 Å². The summed E-state index contributed by atoms with van der Waals surface area (Å²) in [6.45, 7) is 1.27. The fraction of sp³-hybridized carbons (Fsp3) is 0.143. The second-order valence-corrected chi connectivity index (χ2v) is 3.92. The van der Waals surface area contributed by atoms with Gasteiger partial charge in [-0.15, -0.1) is 0 Å². The smallest absolute Gasteiger partial charge is 0.142 e. The van der Waals surface area contributed by atoms with E-state index in [4.69, 9.17) is 11.0 Å². The zero-order chi connectivity index (χ0) is 12.8. The Balaban J connectivity index is 2.00. The molecule has 4 heteroatoms. The van der Waals surface area contributed by atoms with Crippen LogP contribution in [0.1, 0.15) is 16.8 Å². The third kappa shape index (κ3) is 3.06. The first-order chi connectivity index (χ1) is 8.81. The van der Waals surface area contributed by atoms with Crippen LogP contribution >= 0.6 is 0 Å². The SMILES string of the molecule is N#Cc1cc(NCc2ccc(CN)cc2)ccn1. The summed E-state index contributed by atoms with van der Waals surface area (Å²) in [6.07, 6.45) is 1.62. The van der Waals surface area contributed by atoms with Crippen LogP contribution in [0.25, 0.3) is 0 Å². The summed E-state index contributed by atoms with van der Waals surface area (Å²) in [5.41, 5.74) is 9.14. The number of rotatable bonds is 4. The molecule has 0 aliphatic carbocycles. The van der Waals surface area contributed by atoms with Gasteiger partial charge in [0.15, 0.2) is 0 Å². The molecule has 3 N–H and O–H groups in total. The quantitative estimate of drug-likeness (QED) is 0.854. The van der Waals surface area contributed by atoms with E-state index in [0.717, 1.165) is 11.3 Å². The van der Waals surface area contributed by atoms with Gasteiger partial charge in [0.1, 0.15) is 11.8 Å². The maximum absolute atomic E-state index is 8.75. The van der Waals surface area contributed by atoms with E-state index in [1.807, 2.05) is 36.4 Å². The van der Waals surface area contributed by atoms with Crippen LogP contribution in [0, 0.1) is 11.3 Å². The molecule has 0 spiro atoms. The molecule has 0 aliphatic heterocycles. The first-order valence-electron chi connectivity index (χ1n) is 5.70. The van der Waals surface area contributed by atoms with Crippen molar-refractivity contribution in [3.8, 4) is 6.07 Å². The predicted octanol–water partition coefficient (Wildman–Crippen LogP) is 2.02. The maximum Gasteiger partial charge on any atom is 0.142 e. The number of pyridine rings is 1. The number of nitrogens with two attached hydrogens (primary N) is 1. The third-order valence-electron chi connectivity index (χ3n) is 2.63. The summed E-state index contributed by atoms with van der Waals surface area (Å²) in [6, 6.07) is 13.7. The Morgan fingerprint density at radius 1 is 1.17 bits per heavy atom. The summed E-state index contributed by atoms with van der Waals surface area (Å²) in [5.74, 6) is 0. The number of hydrogen-bond donors (Lipinski definition) is 2. The first-order valence-corrected chi connectivity index (χ1v) is 5.70. The molecule has 2 aromatic rings. The molecule has 0 saturated heterocycles. The fourth-order valence-corrected chi connectivity index (χ4v) is 1.60. The highest BCUT2D eigenvalue weighted by molar-refractivity contribution is 5.46. The molecule has 90 valence electrons. The number of anilines is 1. The highest BCUT2D eigenvalue weighted by atomic mass is 14.9. The molecule has 1 aromatic carbocycles. The minimum Gasteiger partial charge on any atom is -0.381 e. The number of aromatic nitrogens is 1. The van der Waals surface area contributed by atoms with Crippen molar-refractivity contribution in [2.75, 3.05) is 5.32 Å². The molecule has 0 amide bonds. The van der Waals surface area contributed by atoms with Crippen LogP contribution in [0.3, 0.4) is 0 Å². The van der Waals surface area contributed by atoms with Gasteiger partial charge in [-0.2, -0.15) is 5.26 Å². The molecule has 0 atom stereocenters. The zero-order valence-corrected chi connectivity index (χ0v) is 9.93. The van der Waals surface area contributed by atoms with E-state index in [9.17, 15) is 0 Å². The van der Waals surface area contributed by atoms with Gasteiger partial charge in [-0.05, 0) is 23.3 Å². The number of hydrogen-bond acceptors (Lipinski definition) is 4. The number of benzene rings is 1. The molecule has 4 nitrogen and oxygen atoms in total. The summed E-state index contributed by atoms with van der Waals surface area (Å²) in [4.78, 5) is 3.92. The highest BCUT2D eigenvalue weighted by Gasteiger charge is 1.97. The van der Waals surface area contributed by atoms with Gasteiger partial charge in [-0.3, -0.25) is 0 Å². The molecule has 1 aromatic heterocycles. The lowest BCUT2D eigenvalue weighted by Crippen LogP contribution is -2.01. The molecule has 0 radical (unpaired) electrons. The van der Waals surface area contributed by atoms with Crippen LogP contribution < -0.4 is 11.1 Å². The first kappa shape index (κ1) is 12.1. The summed E-state index contributed by atoms with van der Waals surface area (Å²) in [7, 11) is 0. The second-order valence-electron chi connectivity index (χ2n) is 3.92. The van der Waals surface area contributed by atoms with E-state index in [1.54, 1.807) is 12.3 Å². The van der Waals surface area contributed by atoms with Gasteiger partial charge in [-0.25, -0.2) is 4.98 Å². The summed E-state index contributed by atoms with van der Waals surface area (Å²) >= 11 is 0. The van der Waals surface area contributed by atoms with Gasteiger partial charge in [-0.1, -0.05) is 24.3 Å². The van der Waals surface area contributed by atoms with Gasteiger partial charge in [0.05, 0.1) is 0 Å². The van der Waals surface area contributed by atoms with Crippen LogP contribution in [0.2, 0.25) is 0 Å². The average Bonchev–Trinajstić information content (AvgIpc) is 2.46. The third-order valence-corrected chi connectivity index (χ3v) is 2.63. The Morgan fingerprint density at radius 2 is 1.89 bits per heavy atom. The van der Waals surface area contributed by atoms with E-state index in [-0.39, 0.29) is 0 Å². The minimum atomic E-state index is 0.415. The van der Waals surface area contributed by atoms with Crippen molar-refractivity contribution in [3.63, 3.8) is 0 Å². The predicted molar refractivity (Wildman–Crippen MR) is 70.6 cm³/mol. The molecule has 2 rings (SSSR count). The molecule has 0 bridgehead atoms. The van der Waals surface area contributed by atoms with Crippen LogP contribution in [-0.2, 0) is 13.1 Å². The minimum absolute atomic E-state index is 0.415.